The fraction of sp³-hybridized carbons (Fsp3) is 0.125. The third kappa shape index (κ3) is 2.87. The first-order valence-corrected chi connectivity index (χ1v) is 3.91. The molecule has 0 saturated carbocycles. The van der Waals surface area contributed by atoms with E-state index >= 15 is 0 Å². The fourth-order valence-corrected chi connectivity index (χ4v) is 1.26. The topological polar surface area (TPSA) is 37.3 Å². The van der Waals surface area contributed by atoms with Gasteiger partial charge in [0.15, 0.2) is 0 Å². The Hall–Kier alpha value is -1.27. The smallest absolute Gasteiger partial charge is 0.381 e. The van der Waals surface area contributed by atoms with Gasteiger partial charge in [-0.15, -0.1) is 11.3 Å². The zero-order valence-corrected chi connectivity index (χ0v) is 6.52. The van der Waals surface area contributed by atoms with Crippen LogP contribution in [0.25, 0.3) is 0 Å². The van der Waals surface area contributed by atoms with Gasteiger partial charge in [-0.3, -0.25) is 0 Å². The molecule has 0 atom stereocenters. The van der Waals surface area contributed by atoms with Gasteiger partial charge in [0.1, 0.15) is 0 Å². The molecule has 56 valence electrons. The van der Waals surface area contributed by atoms with Crippen molar-refractivity contribution in [3.63, 3.8) is 0 Å². The van der Waals surface area contributed by atoms with Crippen LogP contribution >= 0.6 is 11.3 Å². The predicted molar refractivity (Wildman–Crippen MR) is 43.4 cm³/mol. The van der Waals surface area contributed by atoms with Crippen LogP contribution in [-0.4, -0.2) is 11.1 Å². The van der Waals surface area contributed by atoms with E-state index in [1.165, 1.54) is 0 Å². The molecule has 0 bridgehead atoms. The van der Waals surface area contributed by atoms with Crippen LogP contribution in [0.2, 0.25) is 0 Å². The molecule has 0 aliphatic rings. The van der Waals surface area contributed by atoms with Crippen LogP contribution in [0.3, 0.4) is 0 Å². The first-order valence-electron chi connectivity index (χ1n) is 3.03. The Morgan fingerprint density at radius 2 is 2.55 bits per heavy atom. The summed E-state index contributed by atoms with van der Waals surface area (Å²) in [4.78, 5) is 11.1. The maximum atomic E-state index is 9.96. The van der Waals surface area contributed by atoms with Gasteiger partial charge >= 0.3 is 5.97 Å². The van der Waals surface area contributed by atoms with Crippen molar-refractivity contribution < 1.29 is 9.90 Å². The standard InChI is InChI=1S/C8H6O2S/c9-8(10)5-1-3-7-4-2-6-11-7/h2,4,6H,3H2,(H,9,10). The third-order valence-electron chi connectivity index (χ3n) is 1.04. The van der Waals surface area contributed by atoms with Crippen LogP contribution < -0.4 is 0 Å². The fourth-order valence-electron chi connectivity index (χ4n) is 0.620. The van der Waals surface area contributed by atoms with Crippen molar-refractivity contribution >= 4 is 17.3 Å². The van der Waals surface area contributed by atoms with E-state index < -0.39 is 5.97 Å². The Labute approximate surface area is 68.5 Å². The molecule has 1 aromatic rings. The van der Waals surface area contributed by atoms with Gasteiger partial charge < -0.3 is 5.11 Å². The molecule has 1 aromatic heterocycles. The van der Waals surface area contributed by atoms with Crippen molar-refractivity contribution in [1.29, 1.82) is 0 Å². The lowest BCUT2D eigenvalue weighted by molar-refractivity contribution is -0.130. The third-order valence-corrected chi connectivity index (χ3v) is 1.91. The molecule has 1 rings (SSSR count). The average molecular weight is 166 g/mol. The van der Waals surface area contributed by atoms with E-state index in [1.54, 1.807) is 11.3 Å². The summed E-state index contributed by atoms with van der Waals surface area (Å²) in [6, 6.07) is 3.85. The Kier molecular flexibility index (Phi) is 2.70. The van der Waals surface area contributed by atoms with Crippen LogP contribution in [0.1, 0.15) is 4.88 Å². The maximum absolute atomic E-state index is 9.96. The van der Waals surface area contributed by atoms with E-state index in [0.29, 0.717) is 6.42 Å². The van der Waals surface area contributed by atoms with Gasteiger partial charge in [-0.1, -0.05) is 12.0 Å². The van der Waals surface area contributed by atoms with Crippen molar-refractivity contribution in [2.75, 3.05) is 0 Å². The number of carboxylic acid groups (broad SMARTS) is 1. The summed E-state index contributed by atoms with van der Waals surface area (Å²) in [6.45, 7) is 0. The van der Waals surface area contributed by atoms with Crippen molar-refractivity contribution in [3.05, 3.63) is 22.4 Å². The summed E-state index contributed by atoms with van der Waals surface area (Å²) in [7, 11) is 0. The lowest BCUT2D eigenvalue weighted by atomic mass is 10.3. The predicted octanol–water partition coefficient (Wildman–Crippen LogP) is 1.38. The molecule has 1 heterocycles. The van der Waals surface area contributed by atoms with Crippen LogP contribution in [0.15, 0.2) is 17.5 Å². The number of thiophene rings is 1. The van der Waals surface area contributed by atoms with Gasteiger partial charge in [0.2, 0.25) is 0 Å². The highest BCUT2D eigenvalue weighted by Gasteiger charge is 1.88. The minimum Gasteiger partial charge on any atom is -0.472 e. The van der Waals surface area contributed by atoms with Gasteiger partial charge in [0.05, 0.1) is 0 Å². The molecular weight excluding hydrogens is 160 g/mol. The number of rotatable bonds is 1. The SMILES string of the molecule is O=C(O)C#CCc1cccs1. The van der Waals surface area contributed by atoms with E-state index in [2.05, 4.69) is 11.8 Å². The first-order chi connectivity index (χ1) is 5.29. The van der Waals surface area contributed by atoms with E-state index in [1.807, 2.05) is 17.5 Å². The molecule has 1 N–H and O–H groups in total. The molecule has 0 aromatic carbocycles. The molecule has 0 unspecified atom stereocenters. The van der Waals surface area contributed by atoms with Gasteiger partial charge in [0, 0.05) is 17.2 Å². The first kappa shape index (κ1) is 7.83. The Bertz CT molecular complexity index is 290. The number of hydrogen-bond acceptors (Lipinski definition) is 2. The summed E-state index contributed by atoms with van der Waals surface area (Å²) in [5, 5.41) is 10.1. The van der Waals surface area contributed by atoms with E-state index in [0.717, 1.165) is 4.88 Å². The minimum atomic E-state index is -1.07. The largest absolute Gasteiger partial charge is 0.472 e. The molecule has 0 fully saturated rings. The van der Waals surface area contributed by atoms with Gasteiger partial charge in [-0.2, -0.15) is 0 Å². The lowest BCUT2D eigenvalue weighted by Crippen LogP contribution is -1.87. The summed E-state index contributed by atoms with van der Waals surface area (Å²) in [6.07, 6.45) is 0.532. The van der Waals surface area contributed by atoms with Crippen molar-refractivity contribution in [3.8, 4) is 11.8 Å². The number of carbonyl (C=O) groups is 1. The normalized spacial score (nSPS) is 8.36. The molecule has 2 nitrogen and oxygen atoms in total. The van der Waals surface area contributed by atoms with Crippen molar-refractivity contribution in [2.45, 2.75) is 6.42 Å². The van der Waals surface area contributed by atoms with Crippen LogP contribution in [0.4, 0.5) is 0 Å². The zero-order chi connectivity index (χ0) is 8.10. The summed E-state index contributed by atoms with van der Waals surface area (Å²) in [5.41, 5.74) is 0. The molecule has 0 amide bonds. The Morgan fingerprint density at radius 3 is 3.09 bits per heavy atom. The zero-order valence-electron chi connectivity index (χ0n) is 5.70. The molecule has 11 heavy (non-hydrogen) atoms. The summed E-state index contributed by atoms with van der Waals surface area (Å²) in [5.74, 6) is 3.54. The van der Waals surface area contributed by atoms with Gasteiger partial charge in [-0.25, -0.2) is 4.79 Å². The number of carboxylic acids is 1. The van der Waals surface area contributed by atoms with Crippen molar-refractivity contribution in [2.24, 2.45) is 0 Å². The highest BCUT2D eigenvalue weighted by atomic mass is 32.1. The van der Waals surface area contributed by atoms with Crippen LogP contribution in [-0.2, 0) is 11.2 Å². The van der Waals surface area contributed by atoms with Crippen LogP contribution in [0, 0.1) is 11.8 Å². The van der Waals surface area contributed by atoms with E-state index in [-0.39, 0.29) is 0 Å². The lowest BCUT2D eigenvalue weighted by Gasteiger charge is -1.80. The number of aliphatic carboxylic acids is 1. The quantitative estimate of drug-likeness (QED) is 0.640. The summed E-state index contributed by atoms with van der Waals surface area (Å²) >= 11 is 1.58. The second-order valence-corrected chi connectivity index (χ2v) is 2.90. The monoisotopic (exact) mass is 166 g/mol. The van der Waals surface area contributed by atoms with E-state index in [9.17, 15) is 4.79 Å². The summed E-state index contributed by atoms with van der Waals surface area (Å²) < 4.78 is 0. The highest BCUT2D eigenvalue weighted by Crippen LogP contribution is 2.07. The number of hydrogen-bond donors (Lipinski definition) is 1. The van der Waals surface area contributed by atoms with Gasteiger partial charge in [-0.05, 0) is 11.4 Å². The van der Waals surface area contributed by atoms with Gasteiger partial charge in [0.25, 0.3) is 0 Å². The van der Waals surface area contributed by atoms with Crippen molar-refractivity contribution in [1.82, 2.24) is 0 Å². The molecule has 3 heteroatoms. The molecule has 0 radical (unpaired) electrons. The average Bonchev–Trinajstić information content (AvgIpc) is 2.39. The van der Waals surface area contributed by atoms with E-state index in [4.69, 9.17) is 5.11 Å². The molecular formula is C8H6O2S. The Morgan fingerprint density at radius 1 is 1.73 bits per heavy atom. The molecule has 0 saturated heterocycles. The second kappa shape index (κ2) is 3.79. The van der Waals surface area contributed by atoms with Crippen LogP contribution in [0.5, 0.6) is 0 Å². The maximum Gasteiger partial charge on any atom is 0.381 e. The second-order valence-electron chi connectivity index (χ2n) is 1.86. The Balaban J connectivity index is 2.48. The molecule has 0 aliphatic heterocycles. The minimum absolute atomic E-state index is 0.532. The highest BCUT2D eigenvalue weighted by molar-refractivity contribution is 7.09. The molecule has 0 aliphatic carbocycles. The molecule has 0 spiro atoms.